The highest BCUT2D eigenvalue weighted by Crippen LogP contribution is 2.24. The van der Waals surface area contributed by atoms with Crippen molar-refractivity contribution >= 4 is 34.1 Å². The lowest BCUT2D eigenvalue weighted by Crippen LogP contribution is -2.14. The van der Waals surface area contributed by atoms with E-state index in [0.29, 0.717) is 10.3 Å². The molecule has 3 rings (SSSR count). The van der Waals surface area contributed by atoms with Crippen molar-refractivity contribution in [1.82, 2.24) is 25.2 Å². The van der Waals surface area contributed by atoms with Gasteiger partial charge in [0.05, 0.1) is 11.4 Å². The maximum atomic E-state index is 11.9. The van der Waals surface area contributed by atoms with Gasteiger partial charge in [0.25, 0.3) is 0 Å². The molecule has 0 unspecified atom stereocenters. The fourth-order valence-electron chi connectivity index (χ4n) is 1.70. The zero-order valence-corrected chi connectivity index (χ0v) is 13.3. The summed E-state index contributed by atoms with van der Waals surface area (Å²) in [5, 5.41) is 16.9. The normalized spacial score (nSPS) is 10.6. The number of anilines is 1. The summed E-state index contributed by atoms with van der Waals surface area (Å²) >= 11 is 2.68. The van der Waals surface area contributed by atoms with Crippen LogP contribution in [0.4, 0.5) is 5.13 Å². The molecule has 0 bridgehead atoms. The molecule has 2 aromatic heterocycles. The van der Waals surface area contributed by atoms with Gasteiger partial charge in [-0.1, -0.05) is 42.1 Å². The number of carbonyl (C=O) groups is 1. The second-order valence-corrected chi connectivity index (χ2v) is 6.13. The van der Waals surface area contributed by atoms with Crippen LogP contribution in [0.1, 0.15) is 0 Å². The van der Waals surface area contributed by atoms with Gasteiger partial charge in [-0.15, -0.1) is 16.4 Å². The lowest BCUT2D eigenvalue weighted by atomic mass is 10.2. The summed E-state index contributed by atoms with van der Waals surface area (Å²) in [5.74, 6) is 0.0935. The number of aromatic nitrogens is 5. The SMILES string of the molecule is Cn1nnnc1SCC(=O)Nc1nc(-c2ccccc2)cs1. The minimum Gasteiger partial charge on any atom is -0.301 e. The number of tetrazole rings is 1. The van der Waals surface area contributed by atoms with Crippen LogP contribution in [-0.2, 0) is 11.8 Å². The topological polar surface area (TPSA) is 85.6 Å². The number of carbonyl (C=O) groups excluding carboxylic acids is 1. The predicted octanol–water partition coefficient (Wildman–Crippen LogP) is 2.06. The van der Waals surface area contributed by atoms with Crippen LogP contribution in [0.3, 0.4) is 0 Å². The fourth-order valence-corrected chi connectivity index (χ4v) is 3.09. The second kappa shape index (κ2) is 6.67. The van der Waals surface area contributed by atoms with E-state index in [2.05, 4.69) is 25.8 Å². The Hall–Kier alpha value is -2.26. The molecular formula is C13H12N6OS2. The Morgan fingerprint density at radius 1 is 1.36 bits per heavy atom. The molecule has 0 spiro atoms. The molecule has 1 N–H and O–H groups in total. The van der Waals surface area contributed by atoms with Crippen LogP contribution < -0.4 is 5.32 Å². The van der Waals surface area contributed by atoms with Gasteiger partial charge in [-0.2, -0.15) is 0 Å². The van der Waals surface area contributed by atoms with Crippen molar-refractivity contribution in [3.63, 3.8) is 0 Å². The summed E-state index contributed by atoms with van der Waals surface area (Å²) < 4.78 is 1.52. The number of nitrogens with one attached hydrogen (secondary N) is 1. The molecule has 2 heterocycles. The van der Waals surface area contributed by atoms with Gasteiger partial charge >= 0.3 is 0 Å². The summed E-state index contributed by atoms with van der Waals surface area (Å²) in [4.78, 5) is 16.3. The van der Waals surface area contributed by atoms with Crippen molar-refractivity contribution in [3.8, 4) is 11.3 Å². The molecular weight excluding hydrogens is 320 g/mol. The lowest BCUT2D eigenvalue weighted by molar-refractivity contribution is -0.113. The monoisotopic (exact) mass is 332 g/mol. The van der Waals surface area contributed by atoms with Crippen LogP contribution in [-0.4, -0.2) is 36.9 Å². The summed E-state index contributed by atoms with van der Waals surface area (Å²) in [6, 6.07) is 9.84. The third kappa shape index (κ3) is 3.49. The summed E-state index contributed by atoms with van der Waals surface area (Å²) in [7, 11) is 1.73. The Kier molecular flexibility index (Phi) is 4.45. The Balaban J connectivity index is 1.58. The van der Waals surface area contributed by atoms with Gasteiger partial charge in [-0.3, -0.25) is 4.79 Å². The zero-order valence-electron chi connectivity index (χ0n) is 11.6. The summed E-state index contributed by atoms with van der Waals surface area (Å²) in [5.41, 5.74) is 1.88. The van der Waals surface area contributed by atoms with E-state index in [1.54, 1.807) is 7.05 Å². The molecule has 112 valence electrons. The van der Waals surface area contributed by atoms with E-state index in [0.717, 1.165) is 11.3 Å². The van der Waals surface area contributed by atoms with Crippen LogP contribution in [0.5, 0.6) is 0 Å². The molecule has 0 atom stereocenters. The highest BCUT2D eigenvalue weighted by molar-refractivity contribution is 7.99. The van der Waals surface area contributed by atoms with Crippen LogP contribution in [0.15, 0.2) is 40.9 Å². The van der Waals surface area contributed by atoms with E-state index in [1.807, 2.05) is 35.7 Å². The number of benzene rings is 1. The number of hydrogen-bond donors (Lipinski definition) is 1. The highest BCUT2D eigenvalue weighted by atomic mass is 32.2. The molecule has 22 heavy (non-hydrogen) atoms. The van der Waals surface area contributed by atoms with Gasteiger partial charge in [0.15, 0.2) is 5.13 Å². The minimum atomic E-state index is -0.137. The highest BCUT2D eigenvalue weighted by Gasteiger charge is 2.10. The largest absolute Gasteiger partial charge is 0.301 e. The molecule has 9 heteroatoms. The molecule has 0 saturated heterocycles. The predicted molar refractivity (Wildman–Crippen MR) is 85.7 cm³/mol. The van der Waals surface area contributed by atoms with Crippen molar-refractivity contribution in [2.75, 3.05) is 11.1 Å². The second-order valence-electron chi connectivity index (χ2n) is 4.33. The van der Waals surface area contributed by atoms with Crippen molar-refractivity contribution in [3.05, 3.63) is 35.7 Å². The standard InChI is InChI=1S/C13H12N6OS2/c1-19-13(16-17-18-19)22-8-11(20)15-12-14-10(7-21-12)9-5-3-2-4-6-9/h2-7H,8H2,1H3,(H,14,15,20). The number of hydrogen-bond acceptors (Lipinski definition) is 7. The van der Waals surface area contributed by atoms with Gasteiger partial charge in [0, 0.05) is 18.0 Å². The van der Waals surface area contributed by atoms with Gasteiger partial charge in [0.2, 0.25) is 11.1 Å². The number of thioether (sulfide) groups is 1. The molecule has 0 radical (unpaired) electrons. The van der Waals surface area contributed by atoms with Gasteiger partial charge < -0.3 is 5.32 Å². The Labute approximate surface area is 134 Å². The summed E-state index contributed by atoms with van der Waals surface area (Å²) in [6.07, 6.45) is 0. The number of thiazole rings is 1. The van der Waals surface area contributed by atoms with Crippen LogP contribution >= 0.6 is 23.1 Å². The molecule has 0 fully saturated rings. The minimum absolute atomic E-state index is 0.137. The first-order valence-corrected chi connectivity index (χ1v) is 8.25. The first-order chi connectivity index (χ1) is 10.7. The third-order valence-electron chi connectivity index (χ3n) is 2.73. The van der Waals surface area contributed by atoms with Crippen molar-refractivity contribution in [2.45, 2.75) is 5.16 Å². The Morgan fingerprint density at radius 3 is 2.91 bits per heavy atom. The molecule has 0 aliphatic carbocycles. The molecule has 7 nitrogen and oxygen atoms in total. The van der Waals surface area contributed by atoms with Crippen LogP contribution in [0, 0.1) is 0 Å². The van der Waals surface area contributed by atoms with E-state index in [-0.39, 0.29) is 11.7 Å². The average molecular weight is 332 g/mol. The number of amides is 1. The Bertz CT molecular complexity index is 770. The van der Waals surface area contributed by atoms with Crippen molar-refractivity contribution < 1.29 is 4.79 Å². The fraction of sp³-hybridized carbons (Fsp3) is 0.154. The van der Waals surface area contributed by atoms with E-state index >= 15 is 0 Å². The Morgan fingerprint density at radius 2 is 2.18 bits per heavy atom. The molecule has 1 amide bonds. The maximum absolute atomic E-state index is 11.9. The van der Waals surface area contributed by atoms with Gasteiger partial charge in [0.1, 0.15) is 0 Å². The quantitative estimate of drug-likeness (QED) is 0.720. The average Bonchev–Trinajstić information content (AvgIpc) is 3.15. The first kappa shape index (κ1) is 14.7. The van der Waals surface area contributed by atoms with Gasteiger partial charge in [-0.05, 0) is 10.4 Å². The lowest BCUT2D eigenvalue weighted by Gasteiger charge is -2.00. The first-order valence-electron chi connectivity index (χ1n) is 6.38. The zero-order chi connectivity index (χ0) is 15.4. The van der Waals surface area contributed by atoms with E-state index in [9.17, 15) is 4.79 Å². The molecule has 3 aromatic rings. The smallest absolute Gasteiger partial charge is 0.236 e. The molecule has 0 aliphatic heterocycles. The summed E-state index contributed by atoms with van der Waals surface area (Å²) in [6.45, 7) is 0. The van der Waals surface area contributed by atoms with Crippen LogP contribution in [0.2, 0.25) is 0 Å². The van der Waals surface area contributed by atoms with Crippen LogP contribution in [0.25, 0.3) is 11.3 Å². The third-order valence-corrected chi connectivity index (χ3v) is 4.50. The molecule has 0 aliphatic rings. The number of aryl methyl sites for hydroxylation is 1. The molecule has 1 aromatic carbocycles. The van der Waals surface area contributed by atoms with E-state index < -0.39 is 0 Å². The van der Waals surface area contributed by atoms with Crippen molar-refractivity contribution in [2.24, 2.45) is 7.05 Å². The maximum Gasteiger partial charge on any atom is 0.236 e. The van der Waals surface area contributed by atoms with Crippen molar-refractivity contribution in [1.29, 1.82) is 0 Å². The van der Waals surface area contributed by atoms with Gasteiger partial charge in [-0.25, -0.2) is 9.67 Å². The number of rotatable bonds is 5. The van der Waals surface area contributed by atoms with E-state index in [1.165, 1.54) is 27.8 Å². The molecule has 0 saturated carbocycles. The number of nitrogens with zero attached hydrogens (tertiary/aromatic N) is 5. The van der Waals surface area contributed by atoms with E-state index in [4.69, 9.17) is 0 Å².